The summed E-state index contributed by atoms with van der Waals surface area (Å²) in [6.07, 6.45) is 4.50. The Morgan fingerprint density at radius 3 is 2.50 bits per heavy atom. The summed E-state index contributed by atoms with van der Waals surface area (Å²) in [6.45, 7) is 0.0443. The standard InChI is InChI=1S/C11H12N2O5/c1-17-11(16)5-2-8(12)18-7-6-13-9(14)3-4-10(13)15/h2-5,12H,6-7H2,1H3/b5-2+,12-8?. The predicted octanol–water partition coefficient (Wildman–Crippen LogP) is -0.366. The third-order valence-electron chi connectivity index (χ3n) is 2.04. The van der Waals surface area contributed by atoms with Crippen LogP contribution in [0.1, 0.15) is 0 Å². The first-order chi connectivity index (χ1) is 8.54. The molecule has 0 aromatic rings. The van der Waals surface area contributed by atoms with E-state index in [0.29, 0.717) is 0 Å². The second-order valence-electron chi connectivity index (χ2n) is 3.23. The third-order valence-corrected chi connectivity index (χ3v) is 2.04. The smallest absolute Gasteiger partial charge is 0.330 e. The van der Waals surface area contributed by atoms with Gasteiger partial charge >= 0.3 is 5.97 Å². The van der Waals surface area contributed by atoms with Crippen LogP contribution in [0.2, 0.25) is 0 Å². The van der Waals surface area contributed by atoms with E-state index in [2.05, 4.69) is 4.74 Å². The number of nitrogens with one attached hydrogen (secondary N) is 1. The maximum absolute atomic E-state index is 11.1. The van der Waals surface area contributed by atoms with Crippen molar-refractivity contribution < 1.29 is 23.9 Å². The van der Waals surface area contributed by atoms with Gasteiger partial charge in [-0.15, -0.1) is 0 Å². The van der Waals surface area contributed by atoms with Crippen LogP contribution in [0, 0.1) is 5.41 Å². The molecule has 0 aliphatic carbocycles. The molecule has 7 nitrogen and oxygen atoms in total. The fourth-order valence-corrected chi connectivity index (χ4v) is 1.16. The maximum Gasteiger partial charge on any atom is 0.330 e. The molecule has 0 fully saturated rings. The van der Waals surface area contributed by atoms with Crippen LogP contribution < -0.4 is 0 Å². The van der Waals surface area contributed by atoms with Crippen molar-refractivity contribution >= 4 is 23.7 Å². The summed E-state index contributed by atoms with van der Waals surface area (Å²) in [5.74, 6) is -1.66. The first kappa shape index (κ1) is 13.6. The molecule has 0 atom stereocenters. The Hall–Kier alpha value is -2.44. The van der Waals surface area contributed by atoms with Crippen molar-refractivity contribution in [3.8, 4) is 0 Å². The topological polar surface area (TPSA) is 96.8 Å². The quantitative estimate of drug-likeness (QED) is 0.237. The van der Waals surface area contributed by atoms with E-state index in [1.54, 1.807) is 0 Å². The van der Waals surface area contributed by atoms with E-state index >= 15 is 0 Å². The summed E-state index contributed by atoms with van der Waals surface area (Å²) in [7, 11) is 1.22. The summed E-state index contributed by atoms with van der Waals surface area (Å²) < 4.78 is 9.24. The van der Waals surface area contributed by atoms with Gasteiger partial charge < -0.3 is 9.47 Å². The first-order valence-corrected chi connectivity index (χ1v) is 5.05. The van der Waals surface area contributed by atoms with Crippen molar-refractivity contribution in [2.24, 2.45) is 0 Å². The molecule has 0 radical (unpaired) electrons. The van der Waals surface area contributed by atoms with Gasteiger partial charge in [-0.05, 0) is 0 Å². The fourth-order valence-electron chi connectivity index (χ4n) is 1.16. The lowest BCUT2D eigenvalue weighted by Crippen LogP contribution is -2.33. The molecule has 2 amide bonds. The van der Waals surface area contributed by atoms with Crippen molar-refractivity contribution in [1.29, 1.82) is 5.41 Å². The number of rotatable bonds is 5. The van der Waals surface area contributed by atoms with E-state index in [-0.39, 0.29) is 19.0 Å². The van der Waals surface area contributed by atoms with Gasteiger partial charge in [0.2, 0.25) is 5.90 Å². The van der Waals surface area contributed by atoms with Crippen LogP contribution in [0.25, 0.3) is 0 Å². The zero-order valence-electron chi connectivity index (χ0n) is 9.71. The molecule has 0 saturated heterocycles. The molecule has 18 heavy (non-hydrogen) atoms. The Balaban J connectivity index is 2.28. The minimum Gasteiger partial charge on any atom is -0.476 e. The molecule has 0 spiro atoms. The van der Waals surface area contributed by atoms with Gasteiger partial charge in [0.05, 0.1) is 13.7 Å². The van der Waals surface area contributed by atoms with Gasteiger partial charge in [0.1, 0.15) is 6.61 Å². The molecule has 0 unspecified atom stereocenters. The summed E-state index contributed by atoms with van der Waals surface area (Å²) in [4.78, 5) is 34.0. The second kappa shape index (κ2) is 6.33. The Morgan fingerprint density at radius 2 is 1.94 bits per heavy atom. The fraction of sp³-hybridized carbons (Fsp3) is 0.273. The molecule has 0 aromatic carbocycles. The molecule has 0 bridgehead atoms. The van der Waals surface area contributed by atoms with Gasteiger partial charge in [0, 0.05) is 24.3 Å². The zero-order valence-corrected chi connectivity index (χ0v) is 9.71. The van der Waals surface area contributed by atoms with E-state index in [1.807, 2.05) is 0 Å². The van der Waals surface area contributed by atoms with Crippen LogP contribution in [0.3, 0.4) is 0 Å². The van der Waals surface area contributed by atoms with Gasteiger partial charge in [-0.2, -0.15) is 0 Å². The summed E-state index contributed by atoms with van der Waals surface area (Å²) in [6, 6.07) is 0. The van der Waals surface area contributed by atoms with E-state index in [0.717, 1.165) is 17.1 Å². The summed E-state index contributed by atoms with van der Waals surface area (Å²) >= 11 is 0. The molecular formula is C11H12N2O5. The average molecular weight is 252 g/mol. The van der Waals surface area contributed by atoms with Crippen molar-refractivity contribution in [3.05, 3.63) is 24.3 Å². The van der Waals surface area contributed by atoms with Crippen LogP contribution in [-0.4, -0.2) is 48.8 Å². The lowest BCUT2D eigenvalue weighted by atomic mass is 10.5. The van der Waals surface area contributed by atoms with Gasteiger partial charge in [0.25, 0.3) is 11.8 Å². The molecule has 0 aromatic heterocycles. The van der Waals surface area contributed by atoms with E-state index in [9.17, 15) is 14.4 Å². The number of methoxy groups -OCH3 is 1. The Kier molecular flexibility index (Phi) is 4.79. The van der Waals surface area contributed by atoms with E-state index < -0.39 is 17.8 Å². The van der Waals surface area contributed by atoms with Gasteiger partial charge in [-0.1, -0.05) is 0 Å². The van der Waals surface area contributed by atoms with E-state index in [1.165, 1.54) is 19.3 Å². The van der Waals surface area contributed by atoms with Crippen LogP contribution in [0.15, 0.2) is 24.3 Å². The third kappa shape index (κ3) is 3.85. The predicted molar refractivity (Wildman–Crippen MR) is 60.7 cm³/mol. The van der Waals surface area contributed by atoms with Gasteiger partial charge in [-0.3, -0.25) is 19.9 Å². The molecular weight excluding hydrogens is 240 g/mol. The first-order valence-electron chi connectivity index (χ1n) is 5.05. The van der Waals surface area contributed by atoms with Crippen LogP contribution in [0.4, 0.5) is 0 Å². The van der Waals surface area contributed by atoms with Crippen LogP contribution in [-0.2, 0) is 23.9 Å². The number of imide groups is 1. The van der Waals surface area contributed by atoms with E-state index in [4.69, 9.17) is 10.1 Å². The van der Waals surface area contributed by atoms with Crippen LogP contribution >= 0.6 is 0 Å². The molecule has 96 valence electrons. The number of amides is 2. The summed E-state index contributed by atoms with van der Waals surface area (Å²) in [5.41, 5.74) is 0. The number of esters is 1. The number of hydrogen-bond donors (Lipinski definition) is 1. The normalized spacial score (nSPS) is 14.4. The lowest BCUT2D eigenvalue weighted by molar-refractivity contribution is -0.137. The van der Waals surface area contributed by atoms with Crippen molar-refractivity contribution in [2.75, 3.05) is 20.3 Å². The van der Waals surface area contributed by atoms with Crippen molar-refractivity contribution in [3.63, 3.8) is 0 Å². The summed E-state index contributed by atoms with van der Waals surface area (Å²) in [5, 5.41) is 7.31. The Morgan fingerprint density at radius 1 is 1.33 bits per heavy atom. The molecule has 1 heterocycles. The maximum atomic E-state index is 11.1. The number of carbonyl (C=O) groups excluding carboxylic acids is 3. The molecule has 1 N–H and O–H groups in total. The Labute approximate surface area is 103 Å². The van der Waals surface area contributed by atoms with Gasteiger partial charge in [-0.25, -0.2) is 4.79 Å². The largest absolute Gasteiger partial charge is 0.476 e. The SMILES string of the molecule is COC(=O)/C=C/C(=N)OCCN1C(=O)C=CC1=O. The highest BCUT2D eigenvalue weighted by molar-refractivity contribution is 6.12. The monoisotopic (exact) mass is 252 g/mol. The highest BCUT2D eigenvalue weighted by atomic mass is 16.5. The molecule has 1 aliphatic heterocycles. The lowest BCUT2D eigenvalue weighted by Gasteiger charge is -2.13. The second-order valence-corrected chi connectivity index (χ2v) is 3.23. The highest BCUT2D eigenvalue weighted by Crippen LogP contribution is 2.02. The van der Waals surface area contributed by atoms with Gasteiger partial charge in [0.15, 0.2) is 0 Å². The van der Waals surface area contributed by atoms with Crippen molar-refractivity contribution in [2.45, 2.75) is 0 Å². The minimum absolute atomic E-state index is 0.0104. The average Bonchev–Trinajstić information content (AvgIpc) is 2.67. The zero-order chi connectivity index (χ0) is 13.5. The number of hydrogen-bond acceptors (Lipinski definition) is 6. The number of carbonyl (C=O) groups is 3. The number of nitrogens with zero attached hydrogens (tertiary/aromatic N) is 1. The molecule has 7 heteroatoms. The highest BCUT2D eigenvalue weighted by Gasteiger charge is 2.22. The molecule has 0 saturated carbocycles. The Bertz CT molecular complexity index is 421. The van der Waals surface area contributed by atoms with Crippen LogP contribution in [0.5, 0.6) is 0 Å². The number of ether oxygens (including phenoxy) is 2. The van der Waals surface area contributed by atoms with Crippen molar-refractivity contribution in [1.82, 2.24) is 4.90 Å². The minimum atomic E-state index is -0.600. The molecule has 1 aliphatic rings. The molecule has 1 rings (SSSR count).